The van der Waals surface area contributed by atoms with Crippen molar-refractivity contribution in [3.05, 3.63) is 0 Å². The molecule has 0 aromatic rings. The van der Waals surface area contributed by atoms with E-state index in [1.807, 2.05) is 0 Å². The normalized spacial score (nSPS) is 21.1. The molecular formula is C10H22N4O. The standard InChI is InChI=1S/C10H22N4O/c1-13(2)9(15)12-10(8-11)4-6-14(3)7-5-10/h4-8,11H2,1-3H3,(H,12,15). The molecule has 0 aliphatic carbocycles. The lowest BCUT2D eigenvalue weighted by atomic mass is 9.88. The highest BCUT2D eigenvalue weighted by atomic mass is 16.2. The summed E-state index contributed by atoms with van der Waals surface area (Å²) in [6, 6.07) is -0.0509. The van der Waals surface area contributed by atoms with Crippen molar-refractivity contribution in [3.63, 3.8) is 0 Å². The van der Waals surface area contributed by atoms with Gasteiger partial charge in [0.2, 0.25) is 0 Å². The number of nitrogens with two attached hydrogens (primary N) is 1. The van der Waals surface area contributed by atoms with Crippen LogP contribution in [0.25, 0.3) is 0 Å². The smallest absolute Gasteiger partial charge is 0.317 e. The van der Waals surface area contributed by atoms with Gasteiger partial charge in [-0.1, -0.05) is 0 Å². The lowest BCUT2D eigenvalue weighted by Gasteiger charge is -2.41. The maximum Gasteiger partial charge on any atom is 0.317 e. The van der Waals surface area contributed by atoms with Crippen molar-refractivity contribution < 1.29 is 4.79 Å². The Bertz CT molecular complexity index is 221. The summed E-state index contributed by atoms with van der Waals surface area (Å²) in [5.41, 5.74) is 5.58. The molecule has 0 radical (unpaired) electrons. The first kappa shape index (κ1) is 12.3. The molecule has 5 heteroatoms. The third-order valence-electron chi connectivity index (χ3n) is 3.11. The monoisotopic (exact) mass is 214 g/mol. The molecule has 3 N–H and O–H groups in total. The summed E-state index contributed by atoms with van der Waals surface area (Å²) in [4.78, 5) is 15.4. The van der Waals surface area contributed by atoms with Crippen LogP contribution in [0.15, 0.2) is 0 Å². The third kappa shape index (κ3) is 3.07. The van der Waals surface area contributed by atoms with Gasteiger partial charge >= 0.3 is 6.03 Å². The summed E-state index contributed by atoms with van der Waals surface area (Å²) < 4.78 is 0. The van der Waals surface area contributed by atoms with E-state index in [-0.39, 0.29) is 11.6 Å². The molecule has 2 amide bonds. The molecule has 1 aliphatic rings. The second-order valence-corrected chi connectivity index (χ2v) is 4.61. The Morgan fingerprint density at radius 3 is 2.40 bits per heavy atom. The third-order valence-corrected chi connectivity index (χ3v) is 3.11. The largest absolute Gasteiger partial charge is 0.331 e. The predicted octanol–water partition coefficient (Wildman–Crippen LogP) is -0.319. The van der Waals surface area contributed by atoms with Gasteiger partial charge in [-0.05, 0) is 19.9 Å². The summed E-state index contributed by atoms with van der Waals surface area (Å²) >= 11 is 0. The Morgan fingerprint density at radius 1 is 1.47 bits per heavy atom. The van der Waals surface area contributed by atoms with Crippen LogP contribution in [0, 0.1) is 0 Å². The average molecular weight is 214 g/mol. The zero-order valence-electron chi connectivity index (χ0n) is 9.92. The molecule has 0 unspecified atom stereocenters. The number of carbonyl (C=O) groups is 1. The van der Waals surface area contributed by atoms with E-state index in [4.69, 9.17) is 5.73 Å². The molecule has 0 bridgehead atoms. The molecule has 1 heterocycles. The number of nitrogens with one attached hydrogen (secondary N) is 1. The first-order valence-corrected chi connectivity index (χ1v) is 5.37. The van der Waals surface area contributed by atoms with Crippen molar-refractivity contribution >= 4 is 6.03 Å². The fraction of sp³-hybridized carbons (Fsp3) is 0.900. The minimum Gasteiger partial charge on any atom is -0.331 e. The van der Waals surface area contributed by atoms with E-state index in [0.717, 1.165) is 25.9 Å². The van der Waals surface area contributed by atoms with Gasteiger partial charge in [0.1, 0.15) is 0 Å². The van der Waals surface area contributed by atoms with Gasteiger partial charge in [0, 0.05) is 33.7 Å². The number of nitrogens with zero attached hydrogens (tertiary/aromatic N) is 2. The van der Waals surface area contributed by atoms with E-state index in [2.05, 4.69) is 17.3 Å². The number of piperidine rings is 1. The average Bonchev–Trinajstić information content (AvgIpc) is 2.21. The number of hydrogen-bond donors (Lipinski definition) is 2. The number of hydrogen-bond acceptors (Lipinski definition) is 3. The minimum absolute atomic E-state index is 0.0509. The topological polar surface area (TPSA) is 61.6 Å². The van der Waals surface area contributed by atoms with Gasteiger partial charge in [0.25, 0.3) is 0 Å². The van der Waals surface area contributed by atoms with Crippen LogP contribution in [0.4, 0.5) is 4.79 Å². The highest BCUT2D eigenvalue weighted by molar-refractivity contribution is 5.74. The SMILES string of the molecule is CN1CCC(CN)(NC(=O)N(C)C)CC1. The number of likely N-dealkylation sites (tertiary alicyclic amines) is 1. The Hall–Kier alpha value is -0.810. The van der Waals surface area contributed by atoms with Crippen molar-refractivity contribution in [3.8, 4) is 0 Å². The molecule has 1 aliphatic heterocycles. The van der Waals surface area contributed by atoms with Crippen LogP contribution in [-0.4, -0.2) is 62.1 Å². The molecular weight excluding hydrogens is 192 g/mol. The maximum absolute atomic E-state index is 11.6. The fourth-order valence-corrected chi connectivity index (χ4v) is 1.77. The van der Waals surface area contributed by atoms with Crippen LogP contribution in [0.2, 0.25) is 0 Å². The van der Waals surface area contributed by atoms with Crippen molar-refractivity contribution in [2.75, 3.05) is 40.8 Å². The predicted molar refractivity (Wildman–Crippen MR) is 60.7 cm³/mol. The van der Waals surface area contributed by atoms with Crippen molar-refractivity contribution in [2.45, 2.75) is 18.4 Å². The highest BCUT2D eigenvalue weighted by Crippen LogP contribution is 2.20. The van der Waals surface area contributed by atoms with E-state index >= 15 is 0 Å². The van der Waals surface area contributed by atoms with Gasteiger partial charge in [0.05, 0.1) is 5.54 Å². The van der Waals surface area contributed by atoms with E-state index < -0.39 is 0 Å². The van der Waals surface area contributed by atoms with Crippen molar-refractivity contribution in [2.24, 2.45) is 5.73 Å². The Morgan fingerprint density at radius 2 is 2.00 bits per heavy atom. The number of amides is 2. The molecule has 88 valence electrons. The molecule has 5 nitrogen and oxygen atoms in total. The second kappa shape index (κ2) is 4.81. The molecule has 1 fully saturated rings. The summed E-state index contributed by atoms with van der Waals surface area (Å²) in [6.07, 6.45) is 1.86. The van der Waals surface area contributed by atoms with Crippen LogP contribution in [0.3, 0.4) is 0 Å². The second-order valence-electron chi connectivity index (χ2n) is 4.61. The summed E-state index contributed by atoms with van der Waals surface area (Å²) in [7, 11) is 5.58. The molecule has 0 aromatic heterocycles. The quantitative estimate of drug-likeness (QED) is 0.662. The van der Waals surface area contributed by atoms with Gasteiger partial charge in [-0.25, -0.2) is 4.79 Å². The Balaban J connectivity index is 2.57. The Kier molecular flexibility index (Phi) is 3.93. The number of urea groups is 1. The van der Waals surface area contributed by atoms with Crippen LogP contribution >= 0.6 is 0 Å². The van der Waals surface area contributed by atoms with Gasteiger partial charge in [-0.3, -0.25) is 0 Å². The lowest BCUT2D eigenvalue weighted by Crippen LogP contribution is -2.60. The number of rotatable bonds is 2. The van der Waals surface area contributed by atoms with E-state index in [1.165, 1.54) is 0 Å². The highest BCUT2D eigenvalue weighted by Gasteiger charge is 2.34. The molecule has 1 rings (SSSR count). The van der Waals surface area contributed by atoms with Crippen LogP contribution < -0.4 is 11.1 Å². The summed E-state index contributed by atoms with van der Waals surface area (Å²) in [5, 5.41) is 3.04. The summed E-state index contributed by atoms with van der Waals surface area (Å²) in [5.74, 6) is 0. The van der Waals surface area contributed by atoms with Gasteiger partial charge in [-0.15, -0.1) is 0 Å². The molecule has 15 heavy (non-hydrogen) atoms. The van der Waals surface area contributed by atoms with Gasteiger partial charge in [-0.2, -0.15) is 0 Å². The fourth-order valence-electron chi connectivity index (χ4n) is 1.77. The lowest BCUT2D eigenvalue weighted by molar-refractivity contribution is 0.151. The zero-order valence-corrected chi connectivity index (χ0v) is 9.92. The van der Waals surface area contributed by atoms with Crippen LogP contribution in [0.1, 0.15) is 12.8 Å². The maximum atomic E-state index is 11.6. The van der Waals surface area contributed by atoms with E-state index in [9.17, 15) is 4.79 Å². The van der Waals surface area contributed by atoms with Gasteiger partial charge in [0.15, 0.2) is 0 Å². The molecule has 0 atom stereocenters. The van der Waals surface area contributed by atoms with Crippen molar-refractivity contribution in [1.29, 1.82) is 0 Å². The Labute approximate surface area is 91.6 Å². The van der Waals surface area contributed by atoms with Crippen molar-refractivity contribution in [1.82, 2.24) is 15.1 Å². The van der Waals surface area contributed by atoms with Crippen LogP contribution in [0.5, 0.6) is 0 Å². The van der Waals surface area contributed by atoms with E-state index in [0.29, 0.717) is 6.54 Å². The van der Waals surface area contributed by atoms with Crippen LogP contribution in [-0.2, 0) is 0 Å². The molecule has 0 saturated carbocycles. The number of carbonyl (C=O) groups excluding carboxylic acids is 1. The molecule has 1 saturated heterocycles. The van der Waals surface area contributed by atoms with E-state index in [1.54, 1.807) is 19.0 Å². The molecule has 0 spiro atoms. The molecule has 0 aromatic carbocycles. The zero-order chi connectivity index (χ0) is 11.5. The first-order chi connectivity index (χ1) is 6.99. The van der Waals surface area contributed by atoms with Gasteiger partial charge < -0.3 is 20.9 Å². The first-order valence-electron chi connectivity index (χ1n) is 5.37. The minimum atomic E-state index is -0.201. The summed E-state index contributed by atoms with van der Waals surface area (Å²) in [6.45, 7) is 2.50.